The van der Waals surface area contributed by atoms with E-state index in [-0.39, 0.29) is 11.7 Å². The van der Waals surface area contributed by atoms with Crippen LogP contribution < -0.4 is 9.62 Å². The van der Waals surface area contributed by atoms with E-state index in [0.717, 1.165) is 17.1 Å². The summed E-state index contributed by atoms with van der Waals surface area (Å²) in [6, 6.07) is 12.0. The van der Waals surface area contributed by atoms with Gasteiger partial charge in [-0.15, -0.1) is 0 Å². The van der Waals surface area contributed by atoms with E-state index in [2.05, 4.69) is 21.0 Å². The van der Waals surface area contributed by atoms with E-state index in [1.165, 1.54) is 24.3 Å². The Morgan fingerprint density at radius 1 is 1.07 bits per heavy atom. The smallest absolute Gasteiger partial charge is 0.166 e. The Kier molecular flexibility index (Phi) is 4.97. The predicted molar refractivity (Wildman–Crippen MR) is 109 cm³/mol. The Hall–Kier alpha value is -2.98. The lowest BCUT2D eigenvalue weighted by atomic mass is 10.1. The number of hydrogen-bond donors (Lipinski definition) is 1. The van der Waals surface area contributed by atoms with Gasteiger partial charge in [0.1, 0.15) is 11.4 Å². The number of benzene rings is 2. The zero-order chi connectivity index (χ0) is 19.7. The summed E-state index contributed by atoms with van der Waals surface area (Å²) in [6.45, 7) is 4.34. The predicted octanol–water partition coefficient (Wildman–Crippen LogP) is 4.26. The van der Waals surface area contributed by atoms with Gasteiger partial charge in [-0.1, -0.05) is 30.0 Å². The highest BCUT2D eigenvalue weighted by Gasteiger charge is 2.31. The summed E-state index contributed by atoms with van der Waals surface area (Å²) in [6.07, 6.45) is 1.69. The first-order valence-corrected chi connectivity index (χ1v) is 9.62. The molecule has 0 unspecified atom stereocenters. The van der Waals surface area contributed by atoms with Gasteiger partial charge in [0.25, 0.3) is 0 Å². The second-order valence-corrected chi connectivity index (χ2v) is 7.30. The van der Waals surface area contributed by atoms with Crippen LogP contribution in [0.1, 0.15) is 25.0 Å². The van der Waals surface area contributed by atoms with Crippen molar-refractivity contribution in [3.8, 4) is 11.8 Å². The molecular formula is C21H18F2N4S. The molecule has 0 spiro atoms. The maximum atomic E-state index is 14.8. The molecule has 4 nitrogen and oxygen atoms in total. The molecule has 2 aliphatic rings. The molecule has 0 fully saturated rings. The third-order valence-electron chi connectivity index (χ3n) is 4.44. The zero-order valence-corrected chi connectivity index (χ0v) is 16.2. The fourth-order valence-electron chi connectivity index (χ4n) is 3.05. The minimum Gasteiger partial charge on any atom is -0.334 e. The average molecular weight is 396 g/mol. The lowest BCUT2D eigenvalue weighted by molar-refractivity contribution is 0.347. The van der Waals surface area contributed by atoms with Crippen molar-refractivity contribution in [1.29, 1.82) is 0 Å². The molecule has 0 radical (unpaired) electrons. The van der Waals surface area contributed by atoms with Crippen LogP contribution in [0.5, 0.6) is 0 Å². The summed E-state index contributed by atoms with van der Waals surface area (Å²) < 4.78 is 37.1. The minimum absolute atomic E-state index is 0.0961. The van der Waals surface area contributed by atoms with Crippen molar-refractivity contribution in [2.24, 2.45) is 4.40 Å². The summed E-state index contributed by atoms with van der Waals surface area (Å²) in [5.74, 6) is 5.24. The van der Waals surface area contributed by atoms with Gasteiger partial charge in [-0.2, -0.15) is 4.40 Å². The van der Waals surface area contributed by atoms with Crippen LogP contribution in [0.25, 0.3) is 0 Å². The van der Waals surface area contributed by atoms with Crippen molar-refractivity contribution in [1.82, 2.24) is 9.62 Å². The second kappa shape index (κ2) is 7.56. The van der Waals surface area contributed by atoms with Gasteiger partial charge >= 0.3 is 0 Å². The fraction of sp³-hybridized carbons (Fsp3) is 0.190. The van der Waals surface area contributed by atoms with Crippen molar-refractivity contribution in [3.63, 3.8) is 0 Å². The molecule has 4 rings (SSSR count). The van der Waals surface area contributed by atoms with Gasteiger partial charge in [-0.3, -0.25) is 0 Å². The van der Waals surface area contributed by atoms with Crippen LogP contribution in [0.3, 0.4) is 0 Å². The van der Waals surface area contributed by atoms with Crippen LogP contribution in [-0.4, -0.2) is 23.4 Å². The van der Waals surface area contributed by atoms with E-state index in [1.807, 2.05) is 49.1 Å². The number of rotatable bonds is 2. The number of nitrogens with one attached hydrogen (secondary N) is 1. The number of hydrogen-bond acceptors (Lipinski definition) is 5. The quantitative estimate of drug-likeness (QED) is 0.607. The normalized spacial score (nSPS) is 15.5. The lowest BCUT2D eigenvalue weighted by Crippen LogP contribution is -2.48. The van der Waals surface area contributed by atoms with E-state index in [0.29, 0.717) is 12.2 Å². The molecule has 2 heterocycles. The van der Waals surface area contributed by atoms with Crippen molar-refractivity contribution in [2.75, 3.05) is 11.6 Å². The number of amidine groups is 1. The molecule has 1 N–H and O–H groups in total. The molecule has 0 aromatic heterocycles. The summed E-state index contributed by atoms with van der Waals surface area (Å²) in [4.78, 5) is 3.55. The first-order valence-electron chi connectivity index (χ1n) is 8.84. The van der Waals surface area contributed by atoms with E-state index in [1.54, 1.807) is 11.1 Å². The van der Waals surface area contributed by atoms with Gasteiger partial charge in [0.05, 0.1) is 18.8 Å². The Labute approximate surface area is 167 Å². The maximum absolute atomic E-state index is 14.8. The highest BCUT2D eigenvalue weighted by atomic mass is 32.2. The van der Waals surface area contributed by atoms with Gasteiger partial charge in [-0.25, -0.2) is 8.78 Å². The molecule has 2 aromatic carbocycles. The van der Waals surface area contributed by atoms with Crippen molar-refractivity contribution in [3.05, 3.63) is 77.1 Å². The molecule has 0 bridgehead atoms. The van der Waals surface area contributed by atoms with Crippen LogP contribution in [0.2, 0.25) is 0 Å². The molecule has 0 atom stereocenters. The van der Waals surface area contributed by atoms with Crippen LogP contribution >= 0.6 is 12.1 Å². The summed E-state index contributed by atoms with van der Waals surface area (Å²) in [7, 11) is 0. The highest BCUT2D eigenvalue weighted by molar-refractivity contribution is 7.96. The molecule has 0 aliphatic carbocycles. The summed E-state index contributed by atoms with van der Waals surface area (Å²) in [5.41, 5.74) is 1.72. The largest absolute Gasteiger partial charge is 0.334 e. The van der Waals surface area contributed by atoms with E-state index < -0.39 is 11.6 Å². The molecule has 7 heteroatoms. The molecular weight excluding hydrogens is 378 g/mol. The molecule has 142 valence electrons. The van der Waals surface area contributed by atoms with Crippen LogP contribution in [-0.2, 0) is 0 Å². The topological polar surface area (TPSA) is 30.9 Å². The highest BCUT2D eigenvalue weighted by Crippen LogP contribution is 2.31. The molecule has 2 aliphatic heterocycles. The van der Waals surface area contributed by atoms with Gasteiger partial charge in [0, 0.05) is 23.4 Å². The molecule has 0 saturated carbocycles. The molecule has 28 heavy (non-hydrogen) atoms. The van der Waals surface area contributed by atoms with Gasteiger partial charge in [0.2, 0.25) is 0 Å². The van der Waals surface area contributed by atoms with Crippen LogP contribution in [0.15, 0.2) is 58.8 Å². The van der Waals surface area contributed by atoms with E-state index in [9.17, 15) is 8.78 Å². The van der Waals surface area contributed by atoms with E-state index in [4.69, 9.17) is 0 Å². The van der Waals surface area contributed by atoms with Crippen LogP contribution in [0, 0.1) is 23.5 Å². The third-order valence-corrected chi connectivity index (χ3v) is 5.02. The number of anilines is 1. The Morgan fingerprint density at radius 3 is 2.43 bits per heavy atom. The van der Waals surface area contributed by atoms with Gasteiger partial charge < -0.3 is 14.5 Å². The first-order chi connectivity index (χ1) is 13.5. The summed E-state index contributed by atoms with van der Waals surface area (Å²) in [5, 5.41) is 0. The molecule has 0 amide bonds. The standard InChI is InChI=1S/C21H18F2N4S/c1-14(2)27-13-26(12-19-21(27)25-28-24-19)20-17(22)10-16(11-18(20)23)9-8-15-6-4-3-5-7-15/h3-7,10-12,14,24H,13H2,1-2H3. The van der Waals surface area contributed by atoms with Crippen molar-refractivity contribution < 1.29 is 8.78 Å². The minimum atomic E-state index is -0.649. The first kappa shape index (κ1) is 18.4. The molecule has 2 aromatic rings. The average Bonchev–Trinajstić information content (AvgIpc) is 3.14. The van der Waals surface area contributed by atoms with Gasteiger partial charge in [-0.05, 0) is 38.1 Å². The Balaban J connectivity index is 1.67. The van der Waals surface area contributed by atoms with Crippen molar-refractivity contribution >= 4 is 23.7 Å². The number of nitrogens with zero attached hydrogens (tertiary/aromatic N) is 3. The van der Waals surface area contributed by atoms with Gasteiger partial charge in [0.15, 0.2) is 17.5 Å². The third kappa shape index (κ3) is 3.56. The SMILES string of the molecule is CC(C)N1CN(c2c(F)cc(C#Cc3ccccc3)cc2F)C=C2NSN=C21. The number of fused-ring (bicyclic) bond motifs is 1. The maximum Gasteiger partial charge on any atom is 0.166 e. The van der Waals surface area contributed by atoms with Crippen molar-refractivity contribution in [2.45, 2.75) is 19.9 Å². The Morgan fingerprint density at radius 2 is 1.75 bits per heavy atom. The van der Waals surface area contributed by atoms with E-state index >= 15 is 0 Å². The molecule has 0 saturated heterocycles. The number of halogens is 2. The van der Waals surface area contributed by atoms with Crippen LogP contribution in [0.4, 0.5) is 14.5 Å². The summed E-state index contributed by atoms with van der Waals surface area (Å²) >= 11 is 1.21. The Bertz CT molecular complexity index is 999. The monoisotopic (exact) mass is 396 g/mol. The lowest BCUT2D eigenvalue weighted by Gasteiger charge is -2.38. The fourth-order valence-corrected chi connectivity index (χ4v) is 3.63. The second-order valence-electron chi connectivity index (χ2n) is 6.73. The zero-order valence-electron chi connectivity index (χ0n) is 15.4.